The highest BCUT2D eigenvalue weighted by atomic mass is 79.9. The number of halogens is 1. The van der Waals surface area contributed by atoms with Crippen LogP contribution in [0.25, 0.3) is 0 Å². The number of carbonyl (C=O) groups excluding carboxylic acids is 1. The van der Waals surface area contributed by atoms with Crippen LogP contribution in [0.15, 0.2) is 35.1 Å². The van der Waals surface area contributed by atoms with E-state index in [1.54, 1.807) is 44.8 Å². The number of ether oxygens (including phenoxy) is 2. The summed E-state index contributed by atoms with van der Waals surface area (Å²) in [4.78, 5) is 25.3. The minimum Gasteiger partial charge on any atom is -0.497 e. The van der Waals surface area contributed by atoms with Gasteiger partial charge < -0.3 is 19.3 Å². The van der Waals surface area contributed by atoms with E-state index >= 15 is 0 Å². The van der Waals surface area contributed by atoms with E-state index in [0.29, 0.717) is 49.2 Å². The molecule has 0 atom stereocenters. The maximum Gasteiger partial charge on any atom is 0.254 e. The van der Waals surface area contributed by atoms with Crippen LogP contribution in [-0.4, -0.2) is 61.2 Å². The number of hydrogen-bond acceptors (Lipinski definition) is 6. The lowest BCUT2D eigenvalue weighted by atomic mass is 10.1. The molecule has 1 saturated heterocycles. The first-order chi connectivity index (χ1) is 12.1. The van der Waals surface area contributed by atoms with Gasteiger partial charge in [0, 0.05) is 50.2 Å². The van der Waals surface area contributed by atoms with Crippen molar-refractivity contribution in [1.29, 1.82) is 0 Å². The van der Waals surface area contributed by atoms with Crippen LogP contribution in [0.5, 0.6) is 11.5 Å². The maximum atomic E-state index is 12.8. The molecule has 2 heterocycles. The number of hydrogen-bond donors (Lipinski definition) is 0. The molecule has 0 saturated carbocycles. The maximum absolute atomic E-state index is 12.8. The molecule has 8 heteroatoms. The van der Waals surface area contributed by atoms with Crippen LogP contribution in [0.1, 0.15) is 10.4 Å². The van der Waals surface area contributed by atoms with Crippen LogP contribution in [0.3, 0.4) is 0 Å². The van der Waals surface area contributed by atoms with E-state index in [2.05, 4.69) is 30.8 Å². The van der Waals surface area contributed by atoms with Gasteiger partial charge in [-0.2, -0.15) is 0 Å². The Morgan fingerprint density at radius 2 is 1.56 bits per heavy atom. The Hall–Kier alpha value is -2.35. The molecule has 132 valence electrons. The topological polar surface area (TPSA) is 67.8 Å². The first-order valence-electron chi connectivity index (χ1n) is 7.85. The van der Waals surface area contributed by atoms with Crippen molar-refractivity contribution in [2.75, 3.05) is 45.3 Å². The fourth-order valence-electron chi connectivity index (χ4n) is 2.69. The van der Waals surface area contributed by atoms with Crippen LogP contribution in [-0.2, 0) is 0 Å². The highest BCUT2D eigenvalue weighted by molar-refractivity contribution is 9.10. The number of anilines is 1. The lowest BCUT2D eigenvalue weighted by Gasteiger charge is -2.34. The van der Waals surface area contributed by atoms with Gasteiger partial charge in [-0.15, -0.1) is 0 Å². The first kappa shape index (κ1) is 17.5. The molecule has 7 nitrogen and oxygen atoms in total. The summed E-state index contributed by atoms with van der Waals surface area (Å²) in [5.41, 5.74) is 0.560. The summed E-state index contributed by atoms with van der Waals surface area (Å²) < 4.78 is 11.3. The summed E-state index contributed by atoms with van der Waals surface area (Å²) in [7, 11) is 3.14. The van der Waals surface area contributed by atoms with Crippen LogP contribution in [0.4, 0.5) is 5.95 Å². The number of nitrogens with zero attached hydrogens (tertiary/aromatic N) is 4. The number of carbonyl (C=O) groups is 1. The third-order valence-corrected chi connectivity index (χ3v) is 4.46. The number of methoxy groups -OCH3 is 2. The fraction of sp³-hybridized carbons (Fsp3) is 0.353. The molecule has 1 aliphatic rings. The molecule has 1 fully saturated rings. The standard InChI is InChI=1S/C17H19BrN4O3/c1-24-14-7-12(8-15(9-14)25-2)16(23)21-3-5-22(6-4-21)17-19-10-13(18)11-20-17/h7-11H,3-6H2,1-2H3. The van der Waals surface area contributed by atoms with Crippen molar-refractivity contribution >= 4 is 27.8 Å². The summed E-state index contributed by atoms with van der Waals surface area (Å²) in [6.07, 6.45) is 3.45. The highest BCUT2D eigenvalue weighted by Crippen LogP contribution is 2.24. The van der Waals surface area contributed by atoms with Gasteiger partial charge in [-0.25, -0.2) is 9.97 Å². The van der Waals surface area contributed by atoms with Crippen LogP contribution in [0, 0.1) is 0 Å². The molecular weight excluding hydrogens is 388 g/mol. The predicted molar refractivity (Wildman–Crippen MR) is 97.4 cm³/mol. The van der Waals surface area contributed by atoms with Crippen LogP contribution in [0.2, 0.25) is 0 Å². The number of rotatable bonds is 4. The molecule has 1 aromatic heterocycles. The van der Waals surface area contributed by atoms with E-state index in [0.717, 1.165) is 4.47 Å². The minimum atomic E-state index is -0.0337. The Labute approximate surface area is 154 Å². The molecule has 0 bridgehead atoms. The monoisotopic (exact) mass is 406 g/mol. The molecule has 0 N–H and O–H groups in total. The van der Waals surface area contributed by atoms with Crippen molar-refractivity contribution in [3.05, 3.63) is 40.6 Å². The van der Waals surface area contributed by atoms with Gasteiger partial charge >= 0.3 is 0 Å². The van der Waals surface area contributed by atoms with Crippen molar-refractivity contribution < 1.29 is 14.3 Å². The van der Waals surface area contributed by atoms with Crippen LogP contribution >= 0.6 is 15.9 Å². The van der Waals surface area contributed by atoms with E-state index < -0.39 is 0 Å². The zero-order valence-electron chi connectivity index (χ0n) is 14.1. The summed E-state index contributed by atoms with van der Waals surface area (Å²) in [5.74, 6) is 1.85. The largest absolute Gasteiger partial charge is 0.497 e. The molecule has 25 heavy (non-hydrogen) atoms. The molecule has 0 aliphatic carbocycles. The Kier molecular flexibility index (Phi) is 5.37. The lowest BCUT2D eigenvalue weighted by Crippen LogP contribution is -2.49. The quantitative estimate of drug-likeness (QED) is 0.775. The minimum absolute atomic E-state index is 0.0337. The SMILES string of the molecule is COc1cc(OC)cc(C(=O)N2CCN(c3ncc(Br)cn3)CC2)c1. The molecule has 0 unspecified atom stereocenters. The average Bonchev–Trinajstić information content (AvgIpc) is 2.67. The van der Waals surface area contributed by atoms with E-state index in [-0.39, 0.29) is 5.91 Å². The predicted octanol–water partition coefficient (Wildman–Crippen LogP) is 2.22. The smallest absolute Gasteiger partial charge is 0.254 e. The number of benzene rings is 1. The zero-order chi connectivity index (χ0) is 17.8. The van der Waals surface area contributed by atoms with Crippen LogP contribution < -0.4 is 14.4 Å². The molecule has 1 aliphatic heterocycles. The van der Waals surface area contributed by atoms with Gasteiger partial charge in [-0.3, -0.25) is 4.79 Å². The Balaban J connectivity index is 1.68. The van der Waals surface area contributed by atoms with Gasteiger partial charge in [0.15, 0.2) is 0 Å². The Bertz CT molecular complexity index is 724. The Morgan fingerprint density at radius 1 is 1.00 bits per heavy atom. The third-order valence-electron chi connectivity index (χ3n) is 4.05. The second-order valence-electron chi connectivity index (χ2n) is 5.58. The first-order valence-corrected chi connectivity index (χ1v) is 8.65. The van der Waals surface area contributed by atoms with Gasteiger partial charge in [0.1, 0.15) is 11.5 Å². The normalized spacial score (nSPS) is 14.4. The second kappa shape index (κ2) is 7.69. The van der Waals surface area contributed by atoms with Gasteiger partial charge in [-0.05, 0) is 28.1 Å². The molecule has 3 rings (SSSR count). The second-order valence-corrected chi connectivity index (χ2v) is 6.50. The van der Waals surface area contributed by atoms with Gasteiger partial charge in [-0.1, -0.05) is 0 Å². The number of amides is 1. The van der Waals surface area contributed by atoms with E-state index in [1.807, 2.05) is 4.90 Å². The van der Waals surface area contributed by atoms with E-state index in [1.165, 1.54) is 0 Å². The average molecular weight is 407 g/mol. The number of piperazine rings is 1. The summed E-state index contributed by atoms with van der Waals surface area (Å²) in [5, 5.41) is 0. The highest BCUT2D eigenvalue weighted by Gasteiger charge is 2.24. The number of aromatic nitrogens is 2. The summed E-state index contributed by atoms with van der Waals surface area (Å²) in [6.45, 7) is 2.60. The molecule has 1 aromatic carbocycles. The Morgan fingerprint density at radius 3 is 2.08 bits per heavy atom. The third kappa shape index (κ3) is 4.01. The summed E-state index contributed by atoms with van der Waals surface area (Å²) in [6, 6.07) is 5.21. The van der Waals surface area contributed by atoms with E-state index in [4.69, 9.17) is 9.47 Å². The van der Waals surface area contributed by atoms with Gasteiger partial charge in [0.05, 0.1) is 18.7 Å². The molecule has 1 amide bonds. The van der Waals surface area contributed by atoms with Crippen molar-refractivity contribution in [1.82, 2.24) is 14.9 Å². The molecule has 2 aromatic rings. The molecule has 0 radical (unpaired) electrons. The zero-order valence-corrected chi connectivity index (χ0v) is 15.7. The molecule has 0 spiro atoms. The summed E-state index contributed by atoms with van der Waals surface area (Å²) >= 11 is 3.33. The van der Waals surface area contributed by atoms with Crippen molar-refractivity contribution in [3.63, 3.8) is 0 Å². The lowest BCUT2D eigenvalue weighted by molar-refractivity contribution is 0.0745. The van der Waals surface area contributed by atoms with Crippen molar-refractivity contribution in [2.45, 2.75) is 0 Å². The molecular formula is C17H19BrN4O3. The van der Waals surface area contributed by atoms with E-state index in [9.17, 15) is 4.79 Å². The van der Waals surface area contributed by atoms with Gasteiger partial charge in [0.2, 0.25) is 5.95 Å². The van der Waals surface area contributed by atoms with Crippen molar-refractivity contribution in [2.24, 2.45) is 0 Å². The fourth-order valence-corrected chi connectivity index (χ4v) is 2.90. The van der Waals surface area contributed by atoms with Gasteiger partial charge in [0.25, 0.3) is 5.91 Å². The van der Waals surface area contributed by atoms with Crippen molar-refractivity contribution in [3.8, 4) is 11.5 Å².